The number of allylic oxidation sites excluding steroid dienone is 1. The Morgan fingerprint density at radius 1 is 1.12 bits per heavy atom. The fourth-order valence-electron chi connectivity index (χ4n) is 3.30. The first-order valence-corrected chi connectivity index (χ1v) is 8.85. The van der Waals surface area contributed by atoms with Crippen LogP contribution in [0.3, 0.4) is 0 Å². The highest BCUT2D eigenvalue weighted by atomic mass is 16.5. The van der Waals surface area contributed by atoms with Gasteiger partial charge in [-0.3, -0.25) is 4.79 Å². The number of ketones is 1. The Kier molecular flexibility index (Phi) is 4.84. The summed E-state index contributed by atoms with van der Waals surface area (Å²) >= 11 is 0. The quantitative estimate of drug-likeness (QED) is 0.415. The van der Waals surface area contributed by atoms with E-state index in [1.165, 1.54) is 0 Å². The summed E-state index contributed by atoms with van der Waals surface area (Å²) in [7, 11) is 4.23. The Morgan fingerprint density at radius 2 is 1.81 bits per heavy atom. The summed E-state index contributed by atoms with van der Waals surface area (Å²) in [6.07, 6.45) is 2.05. The van der Waals surface area contributed by atoms with Crippen LogP contribution < -0.4 is 0 Å². The molecule has 3 nitrogen and oxygen atoms in total. The molecule has 0 spiro atoms. The molecule has 3 heteroatoms. The average molecular weight is 348 g/mol. The van der Waals surface area contributed by atoms with Gasteiger partial charge < -0.3 is 9.22 Å². The molecule has 26 heavy (non-hydrogen) atoms. The van der Waals surface area contributed by atoms with Crippen LogP contribution in [0.4, 0.5) is 0 Å². The molecular formula is C23H26NO2+. The maximum absolute atomic E-state index is 13.0. The Bertz CT molecular complexity index is 929. The van der Waals surface area contributed by atoms with Crippen LogP contribution in [0.5, 0.6) is 0 Å². The van der Waals surface area contributed by atoms with Crippen LogP contribution in [0.1, 0.15) is 22.8 Å². The van der Waals surface area contributed by atoms with Crippen molar-refractivity contribution in [1.82, 2.24) is 0 Å². The number of quaternary nitrogens is 1. The number of hydrogen-bond donors (Lipinski definition) is 0. The summed E-state index contributed by atoms with van der Waals surface area (Å²) in [5.41, 5.74) is 3.62. The first-order valence-electron chi connectivity index (χ1n) is 8.85. The zero-order valence-electron chi connectivity index (χ0n) is 15.8. The molecule has 0 fully saturated rings. The Morgan fingerprint density at radius 3 is 2.50 bits per heavy atom. The third kappa shape index (κ3) is 3.63. The van der Waals surface area contributed by atoms with Crippen molar-refractivity contribution < 1.29 is 14.0 Å². The van der Waals surface area contributed by atoms with Gasteiger partial charge >= 0.3 is 0 Å². The number of carbonyl (C=O) groups excluding carboxylic acids is 1. The number of hydrogen-bond acceptors (Lipinski definition) is 2. The largest absolute Gasteiger partial charge is 0.488 e. The smallest absolute Gasteiger partial charge is 0.195 e. The molecule has 0 aromatic heterocycles. The summed E-state index contributed by atoms with van der Waals surface area (Å²) in [6, 6.07) is 12.1. The van der Waals surface area contributed by atoms with Crippen LogP contribution in [0.15, 0.2) is 66.5 Å². The molecule has 0 saturated heterocycles. The number of ether oxygens (including phenoxy) is 1. The lowest BCUT2D eigenvalue weighted by molar-refractivity contribution is -0.885. The van der Waals surface area contributed by atoms with Crippen LogP contribution in [0.25, 0.3) is 16.8 Å². The van der Waals surface area contributed by atoms with E-state index in [9.17, 15) is 4.79 Å². The zero-order valence-corrected chi connectivity index (χ0v) is 15.8. The van der Waals surface area contributed by atoms with Gasteiger partial charge in [-0.2, -0.15) is 0 Å². The molecule has 0 unspecified atom stereocenters. The van der Waals surface area contributed by atoms with Gasteiger partial charge in [-0.25, -0.2) is 0 Å². The Balaban J connectivity index is 1.78. The van der Waals surface area contributed by atoms with Gasteiger partial charge in [0.05, 0.1) is 19.7 Å². The minimum absolute atomic E-state index is 0.132. The van der Waals surface area contributed by atoms with Gasteiger partial charge in [0.1, 0.15) is 25.5 Å². The van der Waals surface area contributed by atoms with Gasteiger partial charge in [-0.05, 0) is 29.5 Å². The number of rotatable bonds is 7. The van der Waals surface area contributed by atoms with E-state index in [-0.39, 0.29) is 5.78 Å². The Labute approximate surface area is 155 Å². The molecule has 3 rings (SSSR count). The summed E-state index contributed by atoms with van der Waals surface area (Å²) in [6.45, 7) is 11.6. The molecule has 0 heterocycles. The summed E-state index contributed by atoms with van der Waals surface area (Å²) in [4.78, 5) is 13.0. The second-order valence-electron chi connectivity index (χ2n) is 7.62. The molecule has 1 aliphatic carbocycles. The van der Waals surface area contributed by atoms with E-state index < -0.39 is 0 Å². The predicted molar refractivity (Wildman–Crippen MR) is 108 cm³/mol. The van der Waals surface area contributed by atoms with E-state index in [1.807, 2.05) is 31.2 Å². The third-order valence-corrected chi connectivity index (χ3v) is 4.85. The Hall–Kier alpha value is -2.65. The molecular weight excluding hydrogens is 322 g/mol. The fraction of sp³-hybridized carbons (Fsp3) is 0.261. The van der Waals surface area contributed by atoms with Gasteiger partial charge in [0.15, 0.2) is 5.78 Å². The molecule has 2 aromatic rings. The van der Waals surface area contributed by atoms with E-state index in [1.54, 1.807) is 0 Å². The average Bonchev–Trinajstić information content (AvgIpc) is 2.58. The van der Waals surface area contributed by atoms with E-state index in [2.05, 4.69) is 45.5 Å². The monoisotopic (exact) mass is 348 g/mol. The second-order valence-corrected chi connectivity index (χ2v) is 7.62. The summed E-state index contributed by atoms with van der Waals surface area (Å²) in [5.74, 6) is 0.756. The van der Waals surface area contributed by atoms with Crippen molar-refractivity contribution in [2.24, 2.45) is 0 Å². The van der Waals surface area contributed by atoms with Crippen LogP contribution in [0.2, 0.25) is 0 Å². The molecule has 0 amide bonds. The number of benzene rings is 2. The van der Waals surface area contributed by atoms with Gasteiger partial charge in [0.2, 0.25) is 0 Å². The van der Waals surface area contributed by atoms with Crippen molar-refractivity contribution in [2.75, 3.05) is 33.8 Å². The first-order chi connectivity index (χ1) is 12.3. The van der Waals surface area contributed by atoms with Crippen molar-refractivity contribution in [3.05, 3.63) is 77.6 Å². The lowest BCUT2D eigenvalue weighted by Gasteiger charge is -2.31. The summed E-state index contributed by atoms with van der Waals surface area (Å²) in [5, 5.41) is 2.18. The van der Waals surface area contributed by atoms with E-state index in [0.717, 1.165) is 39.6 Å². The highest BCUT2D eigenvalue weighted by molar-refractivity contribution is 6.22. The van der Waals surface area contributed by atoms with Crippen molar-refractivity contribution in [3.63, 3.8) is 0 Å². The lowest BCUT2D eigenvalue weighted by atomic mass is 9.87. The molecule has 2 aromatic carbocycles. The molecule has 0 saturated carbocycles. The lowest BCUT2D eigenvalue weighted by Crippen LogP contribution is -2.44. The van der Waals surface area contributed by atoms with Crippen LogP contribution in [0, 0.1) is 0 Å². The topological polar surface area (TPSA) is 26.3 Å². The van der Waals surface area contributed by atoms with E-state index in [0.29, 0.717) is 23.4 Å². The molecule has 0 aliphatic heterocycles. The van der Waals surface area contributed by atoms with E-state index in [4.69, 9.17) is 4.74 Å². The van der Waals surface area contributed by atoms with Gasteiger partial charge in [-0.1, -0.05) is 49.6 Å². The minimum atomic E-state index is 0.132. The molecule has 0 bridgehead atoms. The van der Waals surface area contributed by atoms with Gasteiger partial charge in [0, 0.05) is 10.9 Å². The SMILES string of the molecule is C=C(C)C(=C)OCC[N+](C)(C)CC1=Cc2cccc3cccc(c23)C1=O. The molecule has 0 atom stereocenters. The number of carbonyl (C=O) groups is 1. The van der Waals surface area contributed by atoms with Crippen LogP contribution in [-0.2, 0) is 4.74 Å². The van der Waals surface area contributed by atoms with Crippen molar-refractivity contribution in [3.8, 4) is 0 Å². The maximum atomic E-state index is 13.0. The van der Waals surface area contributed by atoms with Crippen LogP contribution >= 0.6 is 0 Å². The normalized spacial score (nSPS) is 13.5. The number of Topliss-reactive ketones (excluding diaryl/α,β-unsaturated/α-hetero) is 1. The number of likely N-dealkylation sites (N-methyl/N-ethyl adjacent to an activating group) is 1. The van der Waals surface area contributed by atoms with Crippen molar-refractivity contribution in [1.29, 1.82) is 0 Å². The maximum Gasteiger partial charge on any atom is 0.195 e. The van der Waals surface area contributed by atoms with Gasteiger partial charge in [0.25, 0.3) is 0 Å². The highest BCUT2D eigenvalue weighted by Gasteiger charge is 2.27. The molecule has 1 aliphatic rings. The minimum Gasteiger partial charge on any atom is -0.488 e. The second kappa shape index (κ2) is 6.93. The molecule has 0 radical (unpaired) electrons. The number of nitrogens with zero attached hydrogens (tertiary/aromatic N) is 1. The standard InChI is InChI=1S/C23H26NO2/c1-16(2)17(3)26-13-12-24(4,5)15-20-14-19-10-6-8-18-9-7-11-21(22(18)19)23(20)25/h6-11,14H,1,3,12-13,15H2,2,4-5H3/q+1. The zero-order chi connectivity index (χ0) is 18.9. The predicted octanol–water partition coefficient (Wildman–Crippen LogP) is 4.60. The van der Waals surface area contributed by atoms with Crippen LogP contribution in [-0.4, -0.2) is 44.1 Å². The fourth-order valence-corrected chi connectivity index (χ4v) is 3.30. The first kappa shape index (κ1) is 18.2. The third-order valence-electron chi connectivity index (χ3n) is 4.85. The highest BCUT2D eigenvalue weighted by Crippen LogP contribution is 2.31. The molecule has 0 N–H and O–H groups in total. The summed E-state index contributed by atoms with van der Waals surface area (Å²) < 4.78 is 6.31. The van der Waals surface area contributed by atoms with E-state index >= 15 is 0 Å². The van der Waals surface area contributed by atoms with Crippen molar-refractivity contribution >= 4 is 22.6 Å². The molecule has 134 valence electrons. The van der Waals surface area contributed by atoms with Crippen molar-refractivity contribution in [2.45, 2.75) is 6.92 Å². The van der Waals surface area contributed by atoms with Gasteiger partial charge in [-0.15, -0.1) is 0 Å².